The Bertz CT molecular complexity index is 686. The molecule has 0 N–H and O–H groups in total. The van der Waals surface area contributed by atoms with Crippen LogP contribution in [0.3, 0.4) is 0 Å². The fourth-order valence-corrected chi connectivity index (χ4v) is 3.94. The predicted molar refractivity (Wildman–Crippen MR) is 84.7 cm³/mol. The molecule has 2 aliphatic rings. The van der Waals surface area contributed by atoms with Crippen molar-refractivity contribution in [3.8, 4) is 0 Å². The molecule has 0 atom stereocenters. The van der Waals surface area contributed by atoms with E-state index in [9.17, 15) is 4.79 Å². The van der Waals surface area contributed by atoms with Crippen LogP contribution in [0.25, 0.3) is 0 Å². The molecule has 1 aromatic carbocycles. The van der Waals surface area contributed by atoms with E-state index in [1.165, 1.54) is 18.4 Å². The van der Waals surface area contributed by atoms with Crippen molar-refractivity contribution < 1.29 is 4.79 Å². The lowest BCUT2D eigenvalue weighted by Gasteiger charge is -2.59. The highest BCUT2D eigenvalue weighted by atomic mass is 16.2. The zero-order chi connectivity index (χ0) is 15.3. The molecular formula is C18H21N3O. The van der Waals surface area contributed by atoms with Crippen LogP contribution in [-0.2, 0) is 7.05 Å². The summed E-state index contributed by atoms with van der Waals surface area (Å²) >= 11 is 0. The normalized spacial score (nSPS) is 19.8. The lowest BCUT2D eigenvalue weighted by atomic mass is 9.56. The molecule has 1 aromatic heterocycles. The number of aryl methyl sites for hydroxylation is 2. The molecule has 1 spiro atoms. The Labute approximate surface area is 130 Å². The second-order valence-electron chi connectivity index (χ2n) is 6.97. The summed E-state index contributed by atoms with van der Waals surface area (Å²) in [6.07, 6.45) is 2.42. The molecule has 0 bridgehead atoms. The average molecular weight is 295 g/mol. The molecule has 1 aliphatic heterocycles. The Morgan fingerprint density at radius 1 is 1.23 bits per heavy atom. The third-order valence-electron chi connectivity index (χ3n) is 5.30. The van der Waals surface area contributed by atoms with Gasteiger partial charge in [0.25, 0.3) is 5.91 Å². The Hall–Kier alpha value is -2.10. The number of hydrogen-bond donors (Lipinski definition) is 0. The molecule has 1 saturated carbocycles. The molecule has 0 unspecified atom stereocenters. The van der Waals surface area contributed by atoms with Gasteiger partial charge in [-0.2, -0.15) is 5.10 Å². The van der Waals surface area contributed by atoms with E-state index in [1.807, 2.05) is 24.9 Å². The summed E-state index contributed by atoms with van der Waals surface area (Å²) < 4.78 is 1.76. The van der Waals surface area contributed by atoms with E-state index in [-0.39, 0.29) is 5.91 Å². The number of aromatic nitrogens is 2. The number of carbonyl (C=O) groups is 1. The second kappa shape index (κ2) is 4.70. The van der Waals surface area contributed by atoms with Gasteiger partial charge in [-0.05, 0) is 37.3 Å². The first kappa shape index (κ1) is 13.6. The maximum atomic E-state index is 12.4. The molecule has 4 heteroatoms. The van der Waals surface area contributed by atoms with Gasteiger partial charge in [-0.1, -0.05) is 30.3 Å². The molecule has 22 heavy (non-hydrogen) atoms. The van der Waals surface area contributed by atoms with Gasteiger partial charge in [0.2, 0.25) is 0 Å². The minimum Gasteiger partial charge on any atom is -0.336 e. The maximum Gasteiger partial charge on any atom is 0.274 e. The van der Waals surface area contributed by atoms with Gasteiger partial charge in [-0.15, -0.1) is 0 Å². The van der Waals surface area contributed by atoms with Crippen molar-refractivity contribution in [3.05, 3.63) is 53.3 Å². The molecule has 0 radical (unpaired) electrons. The third kappa shape index (κ3) is 2.05. The van der Waals surface area contributed by atoms with Crippen LogP contribution >= 0.6 is 0 Å². The number of likely N-dealkylation sites (tertiary alicyclic amines) is 1. The summed E-state index contributed by atoms with van der Waals surface area (Å²) in [5.74, 6) is 0.757. The SMILES string of the molecule is Cc1cc(C(=O)N2CC3(CC(c4ccccc4)C3)C2)nn1C. The molecule has 1 saturated heterocycles. The first-order valence-corrected chi connectivity index (χ1v) is 7.91. The fraction of sp³-hybridized carbons (Fsp3) is 0.444. The van der Waals surface area contributed by atoms with Crippen molar-refractivity contribution in [1.82, 2.24) is 14.7 Å². The summed E-state index contributed by atoms with van der Waals surface area (Å²) in [5.41, 5.74) is 3.42. The van der Waals surface area contributed by atoms with Crippen molar-refractivity contribution in [2.24, 2.45) is 12.5 Å². The van der Waals surface area contributed by atoms with Crippen LogP contribution in [0.1, 0.15) is 40.5 Å². The van der Waals surface area contributed by atoms with Crippen LogP contribution in [0.4, 0.5) is 0 Å². The molecule has 2 heterocycles. The molecule has 1 aliphatic carbocycles. The highest BCUT2D eigenvalue weighted by Gasteiger charge is 2.54. The van der Waals surface area contributed by atoms with Gasteiger partial charge in [-0.25, -0.2) is 0 Å². The van der Waals surface area contributed by atoms with E-state index < -0.39 is 0 Å². The van der Waals surface area contributed by atoms with Crippen LogP contribution in [0, 0.1) is 12.3 Å². The summed E-state index contributed by atoms with van der Waals surface area (Å²) in [5, 5.41) is 4.29. The van der Waals surface area contributed by atoms with E-state index in [4.69, 9.17) is 0 Å². The summed E-state index contributed by atoms with van der Waals surface area (Å²) in [6, 6.07) is 12.6. The van der Waals surface area contributed by atoms with Crippen LogP contribution in [0.15, 0.2) is 36.4 Å². The molecule has 1 amide bonds. The topological polar surface area (TPSA) is 38.1 Å². The first-order valence-electron chi connectivity index (χ1n) is 7.91. The zero-order valence-corrected chi connectivity index (χ0v) is 13.1. The lowest BCUT2D eigenvalue weighted by Crippen LogP contribution is -2.63. The number of hydrogen-bond acceptors (Lipinski definition) is 2. The molecule has 2 aromatic rings. The van der Waals surface area contributed by atoms with E-state index in [0.717, 1.165) is 18.8 Å². The van der Waals surface area contributed by atoms with Crippen molar-refractivity contribution in [2.45, 2.75) is 25.7 Å². The quantitative estimate of drug-likeness (QED) is 0.854. The number of rotatable bonds is 2. The van der Waals surface area contributed by atoms with Crippen molar-refractivity contribution in [3.63, 3.8) is 0 Å². The highest BCUT2D eigenvalue weighted by Crippen LogP contribution is 2.56. The Balaban J connectivity index is 1.36. The number of benzene rings is 1. The van der Waals surface area contributed by atoms with E-state index in [2.05, 4.69) is 35.4 Å². The number of nitrogens with zero attached hydrogens (tertiary/aromatic N) is 3. The standard InChI is InChI=1S/C18H21N3O/c1-13-8-16(19-20(13)2)17(22)21-11-18(12-21)9-15(10-18)14-6-4-3-5-7-14/h3-8,15H,9-12H2,1-2H3. The van der Waals surface area contributed by atoms with Gasteiger partial charge < -0.3 is 4.90 Å². The van der Waals surface area contributed by atoms with E-state index in [1.54, 1.807) is 4.68 Å². The minimum atomic E-state index is 0.0810. The van der Waals surface area contributed by atoms with Gasteiger partial charge >= 0.3 is 0 Å². The number of amides is 1. The van der Waals surface area contributed by atoms with Crippen LogP contribution in [0.5, 0.6) is 0 Å². The molecule has 2 fully saturated rings. The summed E-state index contributed by atoms with van der Waals surface area (Å²) in [4.78, 5) is 14.4. The average Bonchev–Trinajstić information content (AvgIpc) is 2.77. The Kier molecular flexibility index (Phi) is 2.90. The van der Waals surface area contributed by atoms with E-state index in [0.29, 0.717) is 17.0 Å². The van der Waals surface area contributed by atoms with Gasteiger partial charge in [-0.3, -0.25) is 9.48 Å². The minimum absolute atomic E-state index is 0.0810. The molecular weight excluding hydrogens is 274 g/mol. The Morgan fingerprint density at radius 2 is 1.91 bits per heavy atom. The van der Waals surface area contributed by atoms with Crippen molar-refractivity contribution >= 4 is 5.91 Å². The van der Waals surface area contributed by atoms with Crippen LogP contribution < -0.4 is 0 Å². The zero-order valence-electron chi connectivity index (χ0n) is 13.1. The van der Waals surface area contributed by atoms with Gasteiger partial charge in [0.05, 0.1) is 0 Å². The fourth-order valence-electron chi connectivity index (χ4n) is 3.94. The van der Waals surface area contributed by atoms with Crippen LogP contribution in [0.2, 0.25) is 0 Å². The van der Waals surface area contributed by atoms with Crippen molar-refractivity contribution in [1.29, 1.82) is 0 Å². The molecule has 4 rings (SSSR count). The summed E-state index contributed by atoms with van der Waals surface area (Å²) in [7, 11) is 1.88. The maximum absolute atomic E-state index is 12.4. The monoisotopic (exact) mass is 295 g/mol. The van der Waals surface area contributed by atoms with Gasteiger partial charge in [0.15, 0.2) is 5.69 Å². The smallest absolute Gasteiger partial charge is 0.274 e. The van der Waals surface area contributed by atoms with Crippen LogP contribution in [-0.4, -0.2) is 33.7 Å². The Morgan fingerprint density at radius 3 is 2.50 bits per heavy atom. The first-order chi connectivity index (χ1) is 10.6. The summed E-state index contributed by atoms with van der Waals surface area (Å²) in [6.45, 7) is 3.76. The van der Waals surface area contributed by atoms with E-state index >= 15 is 0 Å². The van der Waals surface area contributed by atoms with Gasteiger partial charge in [0, 0.05) is 31.2 Å². The number of carbonyl (C=O) groups excluding carboxylic acids is 1. The lowest BCUT2D eigenvalue weighted by molar-refractivity contribution is -0.0556. The third-order valence-corrected chi connectivity index (χ3v) is 5.30. The van der Waals surface area contributed by atoms with Gasteiger partial charge in [0.1, 0.15) is 0 Å². The van der Waals surface area contributed by atoms with Crippen molar-refractivity contribution in [2.75, 3.05) is 13.1 Å². The predicted octanol–water partition coefficient (Wildman–Crippen LogP) is 2.75. The molecule has 4 nitrogen and oxygen atoms in total. The molecule has 114 valence electrons. The second-order valence-corrected chi connectivity index (χ2v) is 6.97. The largest absolute Gasteiger partial charge is 0.336 e. The highest BCUT2D eigenvalue weighted by molar-refractivity contribution is 5.93.